The highest BCUT2D eigenvalue weighted by Crippen LogP contribution is 2.46. The number of methoxy groups -OCH3 is 1. The van der Waals surface area contributed by atoms with E-state index in [9.17, 15) is 23.1 Å². The average Bonchev–Trinajstić information content (AvgIpc) is 3.74. The first-order valence-electron chi connectivity index (χ1n) is 14.9. The van der Waals surface area contributed by atoms with Crippen LogP contribution in [0.3, 0.4) is 0 Å². The summed E-state index contributed by atoms with van der Waals surface area (Å²) in [5.74, 6) is -2.14. The number of aliphatic hydroxyl groups is 1. The number of carbonyl (C=O) groups is 1. The maximum atomic E-state index is 13.9. The molecule has 5 heterocycles. The summed E-state index contributed by atoms with van der Waals surface area (Å²) in [6.07, 6.45) is 3.37. The molecule has 5 aliphatic heterocycles. The number of rotatable bonds is 4. The normalized spacial score (nSPS) is 25.7. The zero-order valence-corrected chi connectivity index (χ0v) is 25.7. The van der Waals surface area contributed by atoms with Gasteiger partial charge in [0.25, 0.3) is 0 Å². The number of hydrogen-bond acceptors (Lipinski definition) is 7. The van der Waals surface area contributed by atoms with Crippen molar-refractivity contribution in [2.75, 3.05) is 7.11 Å². The van der Waals surface area contributed by atoms with Crippen LogP contribution in [0.2, 0.25) is 0 Å². The average molecular weight is 605 g/mol. The molecule has 6 aliphatic rings. The van der Waals surface area contributed by atoms with Crippen LogP contribution in [-0.2, 0) is 9.53 Å². The number of alkyl halides is 3. The van der Waals surface area contributed by atoms with Crippen molar-refractivity contribution in [1.29, 1.82) is 0 Å². The number of allylic oxidation sites excluding steroid dienone is 13. The number of hydrogen-bond donors (Lipinski definition) is 2. The minimum Gasteiger partial charge on any atom is -0.504 e. The third-order valence-electron chi connectivity index (χ3n) is 9.56. The number of esters is 1. The Labute approximate surface area is 254 Å². The molecule has 1 saturated carbocycles. The van der Waals surface area contributed by atoms with Gasteiger partial charge >= 0.3 is 12.1 Å². The van der Waals surface area contributed by atoms with Crippen LogP contribution in [0.15, 0.2) is 106 Å². The van der Waals surface area contributed by atoms with Gasteiger partial charge in [0.2, 0.25) is 5.76 Å². The number of fused-ring (bicyclic) bond motifs is 5. The van der Waals surface area contributed by atoms with E-state index in [4.69, 9.17) is 14.7 Å². The standard InChI is InChI=1S/C34H35F3N4O3/c1-7-19-15(2)23-14-28-30(33(43)34(35,36)37)18(5)26(39-28)12-24-17(4)21(10-11-29(42)44-6)32(40-24)22-9-8-20-16(3)25(41-31(20)22)13-27(19)38-23/h12-14,17,21,40,43H,7-11H2,1-6H3/b23-14?,24-12?,25-13?,32-22?,33-30-/t17-,21-/m0/s1. The molecule has 0 unspecified atom stereocenters. The smallest absolute Gasteiger partial charge is 0.449 e. The second-order valence-electron chi connectivity index (χ2n) is 11.9. The molecule has 0 amide bonds. The van der Waals surface area contributed by atoms with E-state index in [1.807, 2.05) is 26.8 Å². The van der Waals surface area contributed by atoms with Crippen LogP contribution in [0.5, 0.6) is 0 Å². The largest absolute Gasteiger partial charge is 0.504 e. The van der Waals surface area contributed by atoms with Gasteiger partial charge in [-0.1, -0.05) is 13.8 Å². The number of aliphatic hydroxyl groups excluding tert-OH is 1. The Kier molecular flexibility index (Phi) is 7.29. The molecule has 2 fully saturated rings. The van der Waals surface area contributed by atoms with Crippen LogP contribution < -0.4 is 5.32 Å². The molecule has 0 spiro atoms. The predicted molar refractivity (Wildman–Crippen MR) is 164 cm³/mol. The number of halogens is 3. The van der Waals surface area contributed by atoms with E-state index in [1.165, 1.54) is 18.8 Å². The first-order chi connectivity index (χ1) is 20.8. The van der Waals surface area contributed by atoms with Crippen LogP contribution in [-0.4, -0.2) is 41.5 Å². The molecule has 1 saturated heterocycles. The van der Waals surface area contributed by atoms with Crippen molar-refractivity contribution in [2.45, 2.75) is 72.9 Å². The Morgan fingerprint density at radius 3 is 2.36 bits per heavy atom. The lowest BCUT2D eigenvalue weighted by atomic mass is 9.86. The number of aliphatic imine (C=N–C) groups is 3. The molecule has 8 bridgehead atoms. The fraction of sp³-hybridized carbons (Fsp3) is 0.412. The van der Waals surface area contributed by atoms with Gasteiger partial charge in [0, 0.05) is 29.7 Å². The Balaban J connectivity index is 1.62. The van der Waals surface area contributed by atoms with Gasteiger partial charge < -0.3 is 15.2 Å². The summed E-state index contributed by atoms with van der Waals surface area (Å²) in [6, 6.07) is 0. The minimum absolute atomic E-state index is 0.00345. The Morgan fingerprint density at radius 1 is 1.00 bits per heavy atom. The Morgan fingerprint density at radius 2 is 1.68 bits per heavy atom. The van der Waals surface area contributed by atoms with Crippen molar-refractivity contribution in [3.05, 3.63) is 91.5 Å². The Hall–Kier alpha value is -4.21. The van der Waals surface area contributed by atoms with Crippen molar-refractivity contribution in [3.8, 4) is 0 Å². The lowest BCUT2D eigenvalue weighted by molar-refractivity contribution is -0.140. The number of ether oxygens (including phenoxy) is 1. The van der Waals surface area contributed by atoms with E-state index in [-0.39, 0.29) is 41.1 Å². The van der Waals surface area contributed by atoms with Gasteiger partial charge in [-0.15, -0.1) is 0 Å². The van der Waals surface area contributed by atoms with Gasteiger partial charge in [-0.25, -0.2) is 15.0 Å². The highest BCUT2D eigenvalue weighted by molar-refractivity contribution is 6.20. The van der Waals surface area contributed by atoms with E-state index < -0.39 is 11.9 Å². The lowest BCUT2D eigenvalue weighted by Crippen LogP contribution is -2.17. The highest BCUT2D eigenvalue weighted by atomic mass is 19.4. The van der Waals surface area contributed by atoms with E-state index in [2.05, 4.69) is 17.2 Å². The number of nitrogens with one attached hydrogen (secondary N) is 1. The summed E-state index contributed by atoms with van der Waals surface area (Å²) in [4.78, 5) is 26.8. The first kappa shape index (κ1) is 29.8. The van der Waals surface area contributed by atoms with Gasteiger partial charge in [-0.2, -0.15) is 13.2 Å². The third-order valence-corrected chi connectivity index (χ3v) is 9.56. The molecule has 1 aliphatic carbocycles. The van der Waals surface area contributed by atoms with Gasteiger partial charge in [0.1, 0.15) is 0 Å². The lowest BCUT2D eigenvalue weighted by Gasteiger charge is -2.17. The van der Waals surface area contributed by atoms with Crippen molar-refractivity contribution in [1.82, 2.24) is 5.32 Å². The second-order valence-corrected chi connectivity index (χ2v) is 11.9. The predicted octanol–water partition coefficient (Wildman–Crippen LogP) is 7.56. The van der Waals surface area contributed by atoms with Crippen LogP contribution >= 0.6 is 0 Å². The molecule has 2 N–H and O–H groups in total. The van der Waals surface area contributed by atoms with Crippen LogP contribution in [0, 0.1) is 11.8 Å². The number of carbonyl (C=O) groups excluding carboxylic acids is 1. The SMILES string of the molecule is CCC1=C(C)C2=CC3=NC(=C(C)/C3=C(/O)C(F)(F)F)C=C3NC(=C4CCC5=C(C)C(=CC1=N2)N=C54)[C@@H](CCC(=O)OC)[C@@H]3C. The van der Waals surface area contributed by atoms with E-state index in [1.54, 1.807) is 13.0 Å². The molecule has 0 aromatic carbocycles. The van der Waals surface area contributed by atoms with Crippen molar-refractivity contribution < 1.29 is 27.8 Å². The monoisotopic (exact) mass is 604 g/mol. The molecule has 230 valence electrons. The zero-order valence-electron chi connectivity index (χ0n) is 25.7. The van der Waals surface area contributed by atoms with Gasteiger partial charge in [0.15, 0.2) is 0 Å². The minimum atomic E-state index is -4.96. The maximum absolute atomic E-state index is 13.9. The summed E-state index contributed by atoms with van der Waals surface area (Å²) in [7, 11) is 1.37. The molecule has 0 radical (unpaired) electrons. The number of nitrogens with zero attached hydrogens (tertiary/aromatic N) is 3. The second kappa shape index (κ2) is 10.7. The molecular weight excluding hydrogens is 569 g/mol. The quantitative estimate of drug-likeness (QED) is 0.256. The summed E-state index contributed by atoms with van der Waals surface area (Å²) < 4.78 is 46.7. The highest BCUT2D eigenvalue weighted by Gasteiger charge is 2.42. The molecular formula is C34H35F3N4O3. The third kappa shape index (κ3) is 4.75. The van der Waals surface area contributed by atoms with Crippen LogP contribution in [0.25, 0.3) is 0 Å². The molecule has 10 heteroatoms. The van der Waals surface area contributed by atoms with Crippen molar-refractivity contribution in [2.24, 2.45) is 26.8 Å². The molecule has 7 nitrogen and oxygen atoms in total. The van der Waals surface area contributed by atoms with E-state index >= 15 is 0 Å². The van der Waals surface area contributed by atoms with Gasteiger partial charge in [-0.3, -0.25) is 4.79 Å². The van der Waals surface area contributed by atoms with Crippen LogP contribution in [0.4, 0.5) is 13.2 Å². The summed E-state index contributed by atoms with van der Waals surface area (Å²) >= 11 is 0. The summed E-state index contributed by atoms with van der Waals surface area (Å²) in [6.45, 7) is 9.57. The van der Waals surface area contributed by atoms with E-state index in [0.29, 0.717) is 24.2 Å². The van der Waals surface area contributed by atoms with E-state index in [0.717, 1.165) is 63.6 Å². The molecule has 0 aromatic rings. The molecule has 2 atom stereocenters. The van der Waals surface area contributed by atoms with Crippen LogP contribution in [0.1, 0.15) is 66.7 Å². The maximum Gasteiger partial charge on any atom is 0.449 e. The molecule has 0 aromatic heterocycles. The Bertz CT molecular complexity index is 1750. The van der Waals surface area contributed by atoms with Gasteiger partial charge in [0.05, 0.1) is 46.9 Å². The fourth-order valence-corrected chi connectivity index (χ4v) is 7.01. The summed E-state index contributed by atoms with van der Waals surface area (Å²) in [5, 5.41) is 14.0. The van der Waals surface area contributed by atoms with Gasteiger partial charge in [-0.05, 0) is 98.1 Å². The fourth-order valence-electron chi connectivity index (χ4n) is 7.01. The molecule has 44 heavy (non-hydrogen) atoms. The topological polar surface area (TPSA) is 95.6 Å². The van der Waals surface area contributed by atoms with Crippen molar-refractivity contribution >= 4 is 23.1 Å². The summed E-state index contributed by atoms with van der Waals surface area (Å²) in [5.41, 5.74) is 10.1. The van der Waals surface area contributed by atoms with Crippen molar-refractivity contribution in [3.63, 3.8) is 0 Å². The molecule has 6 rings (SSSR count). The first-order valence-corrected chi connectivity index (χ1v) is 14.9. The zero-order chi connectivity index (χ0) is 31.7.